The molecule has 2 rings (SSSR count). The molecule has 0 saturated carbocycles. The molecule has 0 atom stereocenters. The molecule has 0 unspecified atom stereocenters. The third-order valence-corrected chi connectivity index (χ3v) is 2.95. The van der Waals surface area contributed by atoms with Crippen LogP contribution in [0.25, 0.3) is 11.1 Å². The van der Waals surface area contributed by atoms with Gasteiger partial charge in [0.2, 0.25) is 0 Å². The Morgan fingerprint density at radius 3 is 1.75 bits per heavy atom. The van der Waals surface area contributed by atoms with Crippen LogP contribution < -0.4 is 0 Å². The summed E-state index contributed by atoms with van der Waals surface area (Å²) >= 11 is 0. The van der Waals surface area contributed by atoms with E-state index >= 15 is 0 Å². The largest absolute Gasteiger partial charge is 0.416 e. The van der Waals surface area contributed by atoms with Crippen molar-refractivity contribution in [1.82, 2.24) is 0 Å². The summed E-state index contributed by atoms with van der Waals surface area (Å²) in [6.45, 7) is 1.52. The maximum atomic E-state index is 12.5. The van der Waals surface area contributed by atoms with Gasteiger partial charge < -0.3 is 0 Å². The monoisotopic (exact) mass is 278 g/mol. The summed E-state index contributed by atoms with van der Waals surface area (Å²) in [5.74, 6) is 0.0762. The molecule has 0 spiro atoms. The van der Waals surface area contributed by atoms with E-state index in [0.717, 1.165) is 23.3 Å². The number of alkyl halides is 3. The number of carbonyl (C=O) groups excluding carboxylic acids is 1. The maximum Gasteiger partial charge on any atom is 0.416 e. The summed E-state index contributed by atoms with van der Waals surface area (Å²) in [6.07, 6.45) is -3.95. The number of hydrogen-bond donors (Lipinski definition) is 0. The molecule has 0 N–H and O–H groups in total. The highest BCUT2D eigenvalue weighted by atomic mass is 19.4. The normalized spacial score (nSPS) is 11.4. The summed E-state index contributed by atoms with van der Waals surface area (Å²) < 4.78 is 37.4. The smallest absolute Gasteiger partial charge is 0.300 e. The standard InChI is InChI=1S/C16H13F3O/c1-11(20)10-12-2-4-13(5-3-12)14-6-8-15(9-7-14)16(17,18)19/h2-9H,10H2,1H3. The second kappa shape index (κ2) is 5.49. The van der Waals surface area contributed by atoms with Gasteiger partial charge in [0.15, 0.2) is 0 Å². The number of benzene rings is 2. The number of carbonyl (C=O) groups is 1. The van der Waals surface area contributed by atoms with Gasteiger partial charge in [0.1, 0.15) is 5.78 Å². The number of Topliss-reactive ketones (excluding diaryl/α,β-unsaturated/α-hetero) is 1. The van der Waals surface area contributed by atoms with E-state index in [-0.39, 0.29) is 5.78 Å². The van der Waals surface area contributed by atoms with Crippen molar-refractivity contribution in [2.24, 2.45) is 0 Å². The Labute approximate surface area is 115 Å². The van der Waals surface area contributed by atoms with E-state index in [4.69, 9.17) is 0 Å². The highest BCUT2D eigenvalue weighted by molar-refractivity contribution is 5.78. The molecule has 0 aliphatic carbocycles. The molecular formula is C16H13F3O. The first kappa shape index (κ1) is 14.3. The van der Waals surface area contributed by atoms with Gasteiger partial charge in [-0.05, 0) is 35.7 Å². The maximum absolute atomic E-state index is 12.5. The molecule has 104 valence electrons. The van der Waals surface area contributed by atoms with Crippen molar-refractivity contribution in [3.05, 3.63) is 59.7 Å². The first-order chi connectivity index (χ1) is 9.36. The Hall–Kier alpha value is -2.10. The molecule has 2 aromatic rings. The van der Waals surface area contributed by atoms with Gasteiger partial charge in [0.05, 0.1) is 5.56 Å². The molecule has 0 aromatic heterocycles. The lowest BCUT2D eigenvalue weighted by atomic mass is 10.0. The molecule has 4 heteroatoms. The highest BCUT2D eigenvalue weighted by Gasteiger charge is 2.29. The van der Waals surface area contributed by atoms with Crippen LogP contribution in [0.1, 0.15) is 18.1 Å². The lowest BCUT2D eigenvalue weighted by Gasteiger charge is -2.08. The Morgan fingerprint density at radius 1 is 0.900 bits per heavy atom. The van der Waals surface area contributed by atoms with Crippen molar-refractivity contribution < 1.29 is 18.0 Å². The Kier molecular flexibility index (Phi) is 3.93. The summed E-state index contributed by atoms with van der Waals surface area (Å²) in [5.41, 5.74) is 1.78. The van der Waals surface area contributed by atoms with Gasteiger partial charge in [-0.1, -0.05) is 36.4 Å². The van der Waals surface area contributed by atoms with Crippen LogP contribution in [0.5, 0.6) is 0 Å². The van der Waals surface area contributed by atoms with Crippen molar-refractivity contribution in [2.45, 2.75) is 19.5 Å². The second-order valence-electron chi connectivity index (χ2n) is 4.65. The fourth-order valence-corrected chi connectivity index (χ4v) is 1.95. The third-order valence-electron chi connectivity index (χ3n) is 2.95. The molecule has 2 aromatic carbocycles. The first-order valence-electron chi connectivity index (χ1n) is 6.12. The molecule has 1 nitrogen and oxygen atoms in total. The van der Waals surface area contributed by atoms with E-state index in [1.165, 1.54) is 19.1 Å². The minimum absolute atomic E-state index is 0.0762. The second-order valence-corrected chi connectivity index (χ2v) is 4.65. The Morgan fingerprint density at radius 2 is 1.35 bits per heavy atom. The van der Waals surface area contributed by atoms with E-state index in [2.05, 4.69) is 0 Å². The predicted molar refractivity (Wildman–Crippen MR) is 71.3 cm³/mol. The molecule has 0 aliphatic heterocycles. The minimum atomic E-state index is -4.32. The summed E-state index contributed by atoms with van der Waals surface area (Å²) in [7, 11) is 0. The van der Waals surface area contributed by atoms with E-state index in [9.17, 15) is 18.0 Å². The van der Waals surface area contributed by atoms with Crippen LogP contribution in [0.4, 0.5) is 13.2 Å². The molecule has 0 bridgehead atoms. The molecule has 20 heavy (non-hydrogen) atoms. The number of hydrogen-bond acceptors (Lipinski definition) is 1. The zero-order valence-corrected chi connectivity index (χ0v) is 10.9. The zero-order chi connectivity index (χ0) is 14.8. The molecule has 0 aliphatic rings. The van der Waals surface area contributed by atoms with Gasteiger partial charge in [-0.15, -0.1) is 0 Å². The van der Waals surface area contributed by atoms with Crippen molar-refractivity contribution in [3.8, 4) is 11.1 Å². The van der Waals surface area contributed by atoms with Crippen molar-refractivity contribution in [2.75, 3.05) is 0 Å². The topological polar surface area (TPSA) is 17.1 Å². The average Bonchev–Trinajstić information content (AvgIpc) is 2.38. The predicted octanol–water partition coefficient (Wildman–Crippen LogP) is 4.50. The van der Waals surface area contributed by atoms with Crippen LogP contribution in [0.15, 0.2) is 48.5 Å². The Balaban J connectivity index is 2.21. The van der Waals surface area contributed by atoms with Crippen LogP contribution in [0.3, 0.4) is 0 Å². The SMILES string of the molecule is CC(=O)Cc1ccc(-c2ccc(C(F)(F)F)cc2)cc1. The first-order valence-corrected chi connectivity index (χ1v) is 6.12. The Bertz CT molecular complexity index is 595. The van der Waals surface area contributed by atoms with Crippen molar-refractivity contribution in [1.29, 1.82) is 0 Å². The minimum Gasteiger partial charge on any atom is -0.300 e. The fourth-order valence-electron chi connectivity index (χ4n) is 1.95. The molecular weight excluding hydrogens is 265 g/mol. The lowest BCUT2D eigenvalue weighted by Crippen LogP contribution is -2.03. The summed E-state index contributed by atoms with van der Waals surface area (Å²) in [4.78, 5) is 11.0. The van der Waals surface area contributed by atoms with Gasteiger partial charge in [-0.25, -0.2) is 0 Å². The van der Waals surface area contributed by atoms with Gasteiger partial charge >= 0.3 is 6.18 Å². The number of rotatable bonds is 3. The van der Waals surface area contributed by atoms with Gasteiger partial charge in [-0.3, -0.25) is 4.79 Å². The van der Waals surface area contributed by atoms with Crippen LogP contribution in [0.2, 0.25) is 0 Å². The van der Waals surface area contributed by atoms with Crippen molar-refractivity contribution >= 4 is 5.78 Å². The van der Waals surface area contributed by atoms with Gasteiger partial charge in [-0.2, -0.15) is 13.2 Å². The van der Waals surface area contributed by atoms with E-state index in [0.29, 0.717) is 12.0 Å². The molecule has 0 radical (unpaired) electrons. The van der Waals surface area contributed by atoms with Crippen LogP contribution in [-0.2, 0) is 17.4 Å². The van der Waals surface area contributed by atoms with E-state index in [1.54, 1.807) is 12.1 Å². The van der Waals surface area contributed by atoms with Gasteiger partial charge in [0.25, 0.3) is 0 Å². The van der Waals surface area contributed by atoms with E-state index in [1.807, 2.05) is 12.1 Å². The molecule has 0 heterocycles. The fraction of sp³-hybridized carbons (Fsp3) is 0.188. The van der Waals surface area contributed by atoms with Gasteiger partial charge in [0, 0.05) is 6.42 Å². The van der Waals surface area contributed by atoms with E-state index < -0.39 is 11.7 Å². The van der Waals surface area contributed by atoms with Crippen LogP contribution in [0, 0.1) is 0 Å². The van der Waals surface area contributed by atoms with Crippen LogP contribution >= 0.6 is 0 Å². The van der Waals surface area contributed by atoms with Crippen LogP contribution in [-0.4, -0.2) is 5.78 Å². The third kappa shape index (κ3) is 3.47. The summed E-state index contributed by atoms with van der Waals surface area (Å²) in [5, 5.41) is 0. The number of halogens is 3. The lowest BCUT2D eigenvalue weighted by molar-refractivity contribution is -0.137. The molecule has 0 amide bonds. The quantitative estimate of drug-likeness (QED) is 0.807. The average molecular weight is 278 g/mol. The summed E-state index contributed by atoms with van der Waals surface area (Å²) in [6, 6.07) is 12.3. The zero-order valence-electron chi connectivity index (χ0n) is 10.9. The number of ketones is 1. The van der Waals surface area contributed by atoms with Crippen molar-refractivity contribution in [3.63, 3.8) is 0 Å². The highest BCUT2D eigenvalue weighted by Crippen LogP contribution is 2.31. The molecule has 0 saturated heterocycles. The molecule has 0 fully saturated rings.